The topological polar surface area (TPSA) is 84.7 Å². The van der Waals surface area contributed by atoms with E-state index in [9.17, 15) is 13.2 Å². The number of piperazine rings is 1. The summed E-state index contributed by atoms with van der Waals surface area (Å²) in [6, 6.07) is 14.3. The van der Waals surface area contributed by atoms with Crippen LogP contribution >= 0.6 is 0 Å². The highest BCUT2D eigenvalue weighted by Crippen LogP contribution is 2.19. The van der Waals surface area contributed by atoms with Gasteiger partial charge in [0.2, 0.25) is 10.0 Å². The molecule has 0 saturated carbocycles. The number of para-hydroxylation sites is 1. The van der Waals surface area contributed by atoms with Gasteiger partial charge in [0.25, 0.3) is 5.56 Å². The number of rotatable bonds is 7. The maximum Gasteiger partial charge on any atom is 0.261 e. The lowest BCUT2D eigenvalue weighted by molar-refractivity contribution is 0.166. The Balaban J connectivity index is 1.51. The predicted molar refractivity (Wildman–Crippen MR) is 123 cm³/mol. The second kappa shape index (κ2) is 9.50. The Hall–Kier alpha value is -2.59. The Morgan fingerprint density at radius 2 is 1.69 bits per heavy atom. The van der Waals surface area contributed by atoms with Crippen molar-refractivity contribution in [2.45, 2.75) is 24.9 Å². The Kier molecular flexibility index (Phi) is 6.71. The molecule has 0 aliphatic carbocycles. The average molecular weight is 457 g/mol. The third kappa shape index (κ3) is 4.61. The van der Waals surface area contributed by atoms with Gasteiger partial charge in [0.05, 0.1) is 35.5 Å². The van der Waals surface area contributed by atoms with Crippen molar-refractivity contribution < 1.29 is 13.2 Å². The Morgan fingerprint density at radius 3 is 2.38 bits per heavy atom. The fourth-order valence-corrected chi connectivity index (χ4v) is 5.36. The van der Waals surface area contributed by atoms with Gasteiger partial charge in [-0.2, -0.15) is 4.31 Å². The van der Waals surface area contributed by atoms with Crippen LogP contribution in [0, 0.1) is 6.92 Å². The molecular formula is C23H28N4O4S. The van der Waals surface area contributed by atoms with Crippen LogP contribution < -0.4 is 5.56 Å². The maximum atomic E-state index is 13.0. The van der Waals surface area contributed by atoms with Crippen LogP contribution in [-0.4, -0.2) is 67.1 Å². The fraction of sp³-hybridized carbons (Fsp3) is 0.391. The molecule has 2 aromatic carbocycles. The molecule has 0 radical (unpaired) electrons. The van der Waals surface area contributed by atoms with Gasteiger partial charge >= 0.3 is 0 Å². The molecule has 0 N–H and O–H groups in total. The summed E-state index contributed by atoms with van der Waals surface area (Å²) >= 11 is 0. The molecular weight excluding hydrogens is 428 g/mol. The van der Waals surface area contributed by atoms with Crippen LogP contribution in [0.3, 0.4) is 0 Å². The van der Waals surface area contributed by atoms with E-state index in [4.69, 9.17) is 9.72 Å². The lowest BCUT2D eigenvalue weighted by Crippen LogP contribution is -2.48. The van der Waals surface area contributed by atoms with Crippen molar-refractivity contribution >= 4 is 20.9 Å². The van der Waals surface area contributed by atoms with E-state index < -0.39 is 10.0 Å². The second-order valence-corrected chi connectivity index (χ2v) is 9.93. The van der Waals surface area contributed by atoms with Gasteiger partial charge in [-0.3, -0.25) is 14.3 Å². The molecule has 1 fully saturated rings. The first-order valence-electron chi connectivity index (χ1n) is 10.7. The molecule has 8 nitrogen and oxygen atoms in total. The Bertz CT molecular complexity index is 1250. The maximum absolute atomic E-state index is 13.0. The van der Waals surface area contributed by atoms with Crippen LogP contribution in [-0.2, 0) is 27.8 Å². The SMILES string of the molecule is COCCn1c(CN2CCN(S(=O)(=O)c3ccc(C)cc3)CC2)nc2ccccc2c1=O. The van der Waals surface area contributed by atoms with E-state index >= 15 is 0 Å². The van der Waals surface area contributed by atoms with Crippen molar-refractivity contribution in [2.24, 2.45) is 0 Å². The highest BCUT2D eigenvalue weighted by Gasteiger charge is 2.29. The molecule has 0 spiro atoms. The van der Waals surface area contributed by atoms with Crippen molar-refractivity contribution in [3.8, 4) is 0 Å². The number of aromatic nitrogens is 2. The van der Waals surface area contributed by atoms with Gasteiger partial charge in [0.15, 0.2) is 0 Å². The zero-order valence-electron chi connectivity index (χ0n) is 18.4. The molecule has 32 heavy (non-hydrogen) atoms. The number of methoxy groups -OCH3 is 1. The molecule has 1 aliphatic rings. The van der Waals surface area contributed by atoms with Crippen LogP contribution in [0.4, 0.5) is 0 Å². The van der Waals surface area contributed by atoms with Crippen molar-refractivity contribution in [3.63, 3.8) is 0 Å². The van der Waals surface area contributed by atoms with E-state index in [1.54, 1.807) is 29.9 Å². The minimum atomic E-state index is -3.51. The molecule has 0 bridgehead atoms. The molecule has 0 amide bonds. The van der Waals surface area contributed by atoms with Crippen LogP contribution in [0.1, 0.15) is 11.4 Å². The van der Waals surface area contributed by atoms with Crippen LogP contribution in [0.2, 0.25) is 0 Å². The summed E-state index contributed by atoms with van der Waals surface area (Å²) in [6.45, 7) is 5.17. The molecule has 170 valence electrons. The van der Waals surface area contributed by atoms with E-state index in [0.29, 0.717) is 67.5 Å². The highest BCUT2D eigenvalue weighted by atomic mass is 32.2. The van der Waals surface area contributed by atoms with Gasteiger partial charge in [-0.25, -0.2) is 13.4 Å². The zero-order valence-corrected chi connectivity index (χ0v) is 19.2. The van der Waals surface area contributed by atoms with Crippen molar-refractivity contribution in [2.75, 3.05) is 39.9 Å². The van der Waals surface area contributed by atoms with Gasteiger partial charge in [0, 0.05) is 33.3 Å². The second-order valence-electron chi connectivity index (χ2n) is 7.99. The zero-order chi connectivity index (χ0) is 22.7. The summed E-state index contributed by atoms with van der Waals surface area (Å²) in [7, 11) is -1.91. The van der Waals surface area contributed by atoms with E-state index in [0.717, 1.165) is 5.56 Å². The number of hydrogen-bond acceptors (Lipinski definition) is 6. The largest absolute Gasteiger partial charge is 0.383 e. The minimum absolute atomic E-state index is 0.0803. The standard InChI is InChI=1S/C23H28N4O4S/c1-18-7-9-19(10-8-18)32(29,30)26-13-11-25(12-14-26)17-22-24-21-6-4-3-5-20(21)23(28)27(22)15-16-31-2/h3-10H,11-17H2,1-2H3. The highest BCUT2D eigenvalue weighted by molar-refractivity contribution is 7.89. The monoisotopic (exact) mass is 456 g/mol. The molecule has 0 atom stereocenters. The summed E-state index contributed by atoms with van der Waals surface area (Å²) < 4.78 is 34.3. The lowest BCUT2D eigenvalue weighted by atomic mass is 10.2. The van der Waals surface area contributed by atoms with Crippen LogP contribution in [0.5, 0.6) is 0 Å². The average Bonchev–Trinajstić information content (AvgIpc) is 2.80. The summed E-state index contributed by atoms with van der Waals surface area (Å²) in [5, 5.41) is 0.585. The predicted octanol–water partition coefficient (Wildman–Crippen LogP) is 1.86. The molecule has 1 aromatic heterocycles. The van der Waals surface area contributed by atoms with Gasteiger partial charge in [-0.15, -0.1) is 0 Å². The number of benzene rings is 2. The number of hydrogen-bond donors (Lipinski definition) is 0. The van der Waals surface area contributed by atoms with E-state index in [1.807, 2.05) is 37.3 Å². The Labute approximate surface area is 188 Å². The van der Waals surface area contributed by atoms with Gasteiger partial charge < -0.3 is 4.74 Å². The fourth-order valence-electron chi connectivity index (χ4n) is 3.94. The first kappa shape index (κ1) is 22.6. The van der Waals surface area contributed by atoms with Crippen LogP contribution in [0.25, 0.3) is 10.9 Å². The summed E-state index contributed by atoms with van der Waals surface area (Å²) in [4.78, 5) is 20.2. The quantitative estimate of drug-likeness (QED) is 0.540. The molecule has 4 rings (SSSR count). The molecule has 1 aliphatic heterocycles. The minimum Gasteiger partial charge on any atom is -0.383 e. The van der Waals surface area contributed by atoms with E-state index in [-0.39, 0.29) is 5.56 Å². The van der Waals surface area contributed by atoms with Crippen molar-refractivity contribution in [1.29, 1.82) is 0 Å². The molecule has 9 heteroatoms. The number of aryl methyl sites for hydroxylation is 1. The molecule has 3 aromatic rings. The third-order valence-corrected chi connectivity index (χ3v) is 7.73. The number of ether oxygens (including phenoxy) is 1. The van der Waals surface area contributed by atoms with Crippen molar-refractivity contribution in [1.82, 2.24) is 18.8 Å². The normalized spacial score (nSPS) is 15.9. The van der Waals surface area contributed by atoms with E-state index in [1.165, 1.54) is 4.31 Å². The lowest BCUT2D eigenvalue weighted by Gasteiger charge is -2.34. The number of sulfonamides is 1. The summed E-state index contributed by atoms with van der Waals surface area (Å²) in [5.74, 6) is 0.667. The first-order valence-corrected chi connectivity index (χ1v) is 12.1. The van der Waals surface area contributed by atoms with E-state index in [2.05, 4.69) is 4.90 Å². The van der Waals surface area contributed by atoms with Gasteiger partial charge in [-0.05, 0) is 31.2 Å². The molecule has 1 saturated heterocycles. The number of fused-ring (bicyclic) bond motifs is 1. The number of nitrogens with zero attached hydrogens (tertiary/aromatic N) is 4. The van der Waals surface area contributed by atoms with Gasteiger partial charge in [0.1, 0.15) is 5.82 Å². The molecule has 2 heterocycles. The smallest absolute Gasteiger partial charge is 0.261 e. The van der Waals surface area contributed by atoms with Gasteiger partial charge in [-0.1, -0.05) is 29.8 Å². The summed E-state index contributed by atoms with van der Waals surface area (Å²) in [5.41, 5.74) is 1.61. The Morgan fingerprint density at radius 1 is 1.00 bits per heavy atom. The first-order chi connectivity index (χ1) is 15.4. The van der Waals surface area contributed by atoms with Crippen LogP contribution in [0.15, 0.2) is 58.2 Å². The third-order valence-electron chi connectivity index (χ3n) is 5.81. The molecule has 0 unspecified atom stereocenters. The van der Waals surface area contributed by atoms with Crippen molar-refractivity contribution in [3.05, 3.63) is 70.3 Å². The summed E-state index contributed by atoms with van der Waals surface area (Å²) in [6.07, 6.45) is 0.